The average molecular weight is 292 g/mol. The molecular formula is C19H16O3. The summed E-state index contributed by atoms with van der Waals surface area (Å²) in [6.45, 7) is 5.83. The topological polar surface area (TPSA) is 46.5 Å². The first-order chi connectivity index (χ1) is 10.6. The lowest BCUT2D eigenvalue weighted by Gasteiger charge is -2.14. The standard InChI is InChI=1S/C19H16O3/c1-3-22-19(21)12(2)17-15-10-6-4-8-13(15)14-9-5-7-11-16(14)18(17)20/h4-11,20H,2-3H2,1H3. The molecule has 3 rings (SSSR count). The van der Waals surface area contributed by atoms with E-state index in [-0.39, 0.29) is 17.9 Å². The lowest BCUT2D eigenvalue weighted by atomic mass is 9.92. The molecule has 0 heterocycles. The number of esters is 1. The molecule has 3 aromatic rings. The van der Waals surface area contributed by atoms with Gasteiger partial charge >= 0.3 is 5.97 Å². The molecule has 3 heteroatoms. The SMILES string of the molecule is C=C(C(=O)OCC)c1c(O)c2ccccc2c2ccccc12. The number of carbonyl (C=O) groups excluding carboxylic acids is 1. The van der Waals surface area contributed by atoms with Crippen molar-refractivity contribution in [3.05, 3.63) is 60.7 Å². The third kappa shape index (κ3) is 2.11. The molecule has 0 radical (unpaired) electrons. The molecule has 0 aliphatic rings. The Hall–Kier alpha value is -2.81. The van der Waals surface area contributed by atoms with E-state index < -0.39 is 5.97 Å². The quantitative estimate of drug-likeness (QED) is 0.445. The van der Waals surface area contributed by atoms with E-state index in [4.69, 9.17) is 4.74 Å². The van der Waals surface area contributed by atoms with E-state index in [9.17, 15) is 9.90 Å². The molecule has 3 aromatic carbocycles. The summed E-state index contributed by atoms with van der Waals surface area (Å²) >= 11 is 0. The molecule has 0 unspecified atom stereocenters. The van der Waals surface area contributed by atoms with Crippen LogP contribution in [0.1, 0.15) is 12.5 Å². The van der Waals surface area contributed by atoms with Crippen LogP contribution >= 0.6 is 0 Å². The number of phenols is 1. The van der Waals surface area contributed by atoms with Crippen molar-refractivity contribution in [1.82, 2.24) is 0 Å². The van der Waals surface area contributed by atoms with Gasteiger partial charge in [-0.2, -0.15) is 0 Å². The number of phenolic OH excluding ortho intramolecular Hbond substituents is 1. The van der Waals surface area contributed by atoms with Crippen LogP contribution in [0.4, 0.5) is 0 Å². The molecule has 0 saturated heterocycles. The van der Waals surface area contributed by atoms with Crippen LogP contribution in [0.5, 0.6) is 5.75 Å². The third-order valence-electron chi connectivity index (χ3n) is 3.73. The molecule has 0 bridgehead atoms. The largest absolute Gasteiger partial charge is 0.507 e. The number of hydrogen-bond donors (Lipinski definition) is 1. The summed E-state index contributed by atoms with van der Waals surface area (Å²) in [5, 5.41) is 14.1. The summed E-state index contributed by atoms with van der Waals surface area (Å²) in [6.07, 6.45) is 0. The first-order valence-corrected chi connectivity index (χ1v) is 7.14. The minimum atomic E-state index is -0.516. The second-order valence-electron chi connectivity index (χ2n) is 5.01. The number of ether oxygens (including phenoxy) is 1. The third-order valence-corrected chi connectivity index (χ3v) is 3.73. The van der Waals surface area contributed by atoms with E-state index in [0.29, 0.717) is 10.9 Å². The Morgan fingerprint density at radius 1 is 1.00 bits per heavy atom. The van der Waals surface area contributed by atoms with Gasteiger partial charge in [0.1, 0.15) is 5.75 Å². The van der Waals surface area contributed by atoms with Crippen LogP contribution in [-0.2, 0) is 9.53 Å². The first kappa shape index (κ1) is 14.1. The number of carbonyl (C=O) groups is 1. The summed E-state index contributed by atoms with van der Waals surface area (Å²) < 4.78 is 5.02. The van der Waals surface area contributed by atoms with E-state index in [1.807, 2.05) is 48.5 Å². The second kappa shape index (κ2) is 5.53. The van der Waals surface area contributed by atoms with Crippen LogP contribution in [0.3, 0.4) is 0 Å². The molecule has 0 aromatic heterocycles. The maximum absolute atomic E-state index is 12.0. The molecule has 0 spiro atoms. The molecule has 0 aliphatic carbocycles. The van der Waals surface area contributed by atoms with Crippen molar-refractivity contribution in [3.63, 3.8) is 0 Å². The second-order valence-corrected chi connectivity index (χ2v) is 5.01. The summed E-state index contributed by atoms with van der Waals surface area (Å²) in [5.41, 5.74) is 0.606. The maximum atomic E-state index is 12.0. The minimum Gasteiger partial charge on any atom is -0.507 e. The van der Waals surface area contributed by atoms with Gasteiger partial charge in [0.05, 0.1) is 12.2 Å². The van der Waals surface area contributed by atoms with Gasteiger partial charge in [0.25, 0.3) is 0 Å². The lowest BCUT2D eigenvalue weighted by molar-refractivity contribution is -0.136. The summed E-state index contributed by atoms with van der Waals surface area (Å²) in [7, 11) is 0. The van der Waals surface area contributed by atoms with Gasteiger partial charge in [0.15, 0.2) is 0 Å². The van der Waals surface area contributed by atoms with Gasteiger partial charge in [0, 0.05) is 10.9 Å². The molecule has 3 nitrogen and oxygen atoms in total. The Bertz CT molecular complexity index is 894. The molecular weight excluding hydrogens is 276 g/mol. The fourth-order valence-corrected chi connectivity index (χ4v) is 2.75. The zero-order valence-electron chi connectivity index (χ0n) is 12.3. The van der Waals surface area contributed by atoms with E-state index in [2.05, 4.69) is 6.58 Å². The number of benzene rings is 3. The van der Waals surface area contributed by atoms with Crippen LogP contribution in [0.2, 0.25) is 0 Å². The highest BCUT2D eigenvalue weighted by Gasteiger charge is 2.20. The fraction of sp³-hybridized carbons (Fsp3) is 0.105. The fourth-order valence-electron chi connectivity index (χ4n) is 2.75. The van der Waals surface area contributed by atoms with Crippen LogP contribution < -0.4 is 0 Å². The highest BCUT2D eigenvalue weighted by atomic mass is 16.5. The van der Waals surface area contributed by atoms with Crippen molar-refractivity contribution in [2.24, 2.45) is 0 Å². The molecule has 0 fully saturated rings. The van der Waals surface area contributed by atoms with Gasteiger partial charge in [-0.25, -0.2) is 4.79 Å². The smallest absolute Gasteiger partial charge is 0.338 e. The molecule has 110 valence electrons. The van der Waals surface area contributed by atoms with Gasteiger partial charge < -0.3 is 9.84 Å². The number of hydrogen-bond acceptors (Lipinski definition) is 3. The van der Waals surface area contributed by atoms with Gasteiger partial charge in [-0.3, -0.25) is 0 Å². The van der Waals surface area contributed by atoms with Crippen molar-refractivity contribution < 1.29 is 14.6 Å². The normalized spacial score (nSPS) is 10.8. The molecule has 0 amide bonds. The number of rotatable bonds is 3. The van der Waals surface area contributed by atoms with Crippen LogP contribution in [-0.4, -0.2) is 17.7 Å². The first-order valence-electron chi connectivity index (χ1n) is 7.14. The van der Waals surface area contributed by atoms with Gasteiger partial charge in [0.2, 0.25) is 0 Å². The molecule has 22 heavy (non-hydrogen) atoms. The van der Waals surface area contributed by atoms with E-state index in [1.54, 1.807) is 6.92 Å². The zero-order chi connectivity index (χ0) is 15.7. The number of aromatic hydroxyl groups is 1. The Morgan fingerprint density at radius 2 is 1.50 bits per heavy atom. The molecule has 1 N–H and O–H groups in total. The molecule has 0 saturated carbocycles. The Labute approximate surface area is 128 Å². The Morgan fingerprint density at radius 3 is 2.09 bits per heavy atom. The van der Waals surface area contributed by atoms with Crippen molar-refractivity contribution in [2.75, 3.05) is 6.61 Å². The summed E-state index contributed by atoms with van der Waals surface area (Å²) in [6, 6.07) is 15.2. The minimum absolute atomic E-state index is 0.0624. The van der Waals surface area contributed by atoms with Crippen LogP contribution in [0, 0.1) is 0 Å². The zero-order valence-corrected chi connectivity index (χ0v) is 12.3. The highest BCUT2D eigenvalue weighted by Crippen LogP contribution is 2.40. The van der Waals surface area contributed by atoms with E-state index in [1.165, 1.54) is 0 Å². The van der Waals surface area contributed by atoms with Crippen LogP contribution in [0.25, 0.3) is 27.1 Å². The summed E-state index contributed by atoms with van der Waals surface area (Å²) in [5.74, 6) is -0.453. The number of fused-ring (bicyclic) bond motifs is 3. The van der Waals surface area contributed by atoms with E-state index >= 15 is 0 Å². The van der Waals surface area contributed by atoms with Crippen molar-refractivity contribution >= 4 is 33.1 Å². The van der Waals surface area contributed by atoms with Gasteiger partial charge in [-0.1, -0.05) is 55.1 Å². The summed E-state index contributed by atoms with van der Waals surface area (Å²) in [4.78, 5) is 12.0. The Balaban J connectivity index is 2.39. The highest BCUT2D eigenvalue weighted by molar-refractivity contribution is 6.25. The predicted molar refractivity (Wildman–Crippen MR) is 88.8 cm³/mol. The average Bonchev–Trinajstić information content (AvgIpc) is 2.55. The molecule has 0 atom stereocenters. The van der Waals surface area contributed by atoms with Crippen molar-refractivity contribution in [1.29, 1.82) is 0 Å². The monoisotopic (exact) mass is 292 g/mol. The van der Waals surface area contributed by atoms with E-state index in [0.717, 1.165) is 16.2 Å². The van der Waals surface area contributed by atoms with Crippen molar-refractivity contribution in [3.8, 4) is 5.75 Å². The van der Waals surface area contributed by atoms with Crippen molar-refractivity contribution in [2.45, 2.75) is 6.92 Å². The maximum Gasteiger partial charge on any atom is 0.338 e. The van der Waals surface area contributed by atoms with Crippen LogP contribution in [0.15, 0.2) is 55.1 Å². The Kier molecular flexibility index (Phi) is 3.55. The lowest BCUT2D eigenvalue weighted by Crippen LogP contribution is -2.06. The molecule has 0 aliphatic heterocycles. The van der Waals surface area contributed by atoms with Gasteiger partial charge in [-0.05, 0) is 23.1 Å². The predicted octanol–water partition coefficient (Wildman–Crippen LogP) is 4.27. The van der Waals surface area contributed by atoms with Gasteiger partial charge in [-0.15, -0.1) is 0 Å².